The number of hydrogen-bond donors (Lipinski definition) is 0. The number of rotatable bonds is 8. The molecule has 5 nitrogen and oxygen atoms in total. The van der Waals surface area contributed by atoms with Gasteiger partial charge in [0.05, 0.1) is 17.5 Å². The van der Waals surface area contributed by atoms with Crippen LogP contribution in [0.25, 0.3) is 0 Å². The Morgan fingerprint density at radius 3 is 2.07 bits per heavy atom. The number of nitrogens with zero attached hydrogens (tertiary/aromatic N) is 1. The van der Waals surface area contributed by atoms with Gasteiger partial charge < -0.3 is 4.74 Å². The molecule has 1 heterocycles. The molecule has 1 aliphatic carbocycles. The SMILES string of the molecule is CCCCCCCC(=O)Oc1ccc(N2C(=O)[C@H]3C[C@@H](Br)[C@H](Br)C[C@@H]3C2=O)cc1. The van der Waals surface area contributed by atoms with Crippen molar-refractivity contribution >= 4 is 55.3 Å². The zero-order valence-electron chi connectivity index (χ0n) is 16.6. The molecule has 4 atom stereocenters. The largest absolute Gasteiger partial charge is 0.427 e. The summed E-state index contributed by atoms with van der Waals surface area (Å²) in [7, 11) is 0. The fourth-order valence-corrected chi connectivity index (χ4v) is 5.31. The molecule has 7 heteroatoms. The summed E-state index contributed by atoms with van der Waals surface area (Å²) in [6.45, 7) is 2.16. The van der Waals surface area contributed by atoms with E-state index in [1.807, 2.05) is 0 Å². The van der Waals surface area contributed by atoms with Gasteiger partial charge in [-0.3, -0.25) is 19.3 Å². The lowest BCUT2D eigenvalue weighted by Crippen LogP contribution is -2.34. The summed E-state index contributed by atoms with van der Waals surface area (Å²) in [6, 6.07) is 6.64. The number of imide groups is 1. The first kappa shape index (κ1) is 22.5. The van der Waals surface area contributed by atoms with Crippen molar-refractivity contribution in [2.75, 3.05) is 4.90 Å². The smallest absolute Gasteiger partial charge is 0.311 e. The minimum atomic E-state index is -0.272. The monoisotopic (exact) mass is 527 g/mol. The maximum atomic E-state index is 12.8. The van der Waals surface area contributed by atoms with Gasteiger partial charge in [0.1, 0.15) is 5.75 Å². The maximum Gasteiger partial charge on any atom is 0.311 e. The number of benzene rings is 1. The number of anilines is 1. The zero-order valence-corrected chi connectivity index (χ0v) is 19.8. The van der Waals surface area contributed by atoms with Gasteiger partial charge in [-0.15, -0.1) is 0 Å². The van der Waals surface area contributed by atoms with Gasteiger partial charge in [0, 0.05) is 16.1 Å². The average Bonchev–Trinajstić information content (AvgIpc) is 2.93. The topological polar surface area (TPSA) is 63.7 Å². The number of alkyl halides is 2. The fourth-order valence-electron chi connectivity index (χ4n) is 4.07. The van der Waals surface area contributed by atoms with Crippen molar-refractivity contribution in [2.24, 2.45) is 11.8 Å². The van der Waals surface area contributed by atoms with E-state index < -0.39 is 0 Å². The van der Waals surface area contributed by atoms with Crippen LogP contribution in [0.1, 0.15) is 58.3 Å². The second-order valence-electron chi connectivity index (χ2n) is 7.86. The molecule has 2 fully saturated rings. The number of esters is 1. The summed E-state index contributed by atoms with van der Waals surface area (Å²) >= 11 is 7.20. The first-order valence-electron chi connectivity index (χ1n) is 10.4. The van der Waals surface area contributed by atoms with Crippen LogP contribution in [0.3, 0.4) is 0 Å². The first-order valence-corrected chi connectivity index (χ1v) is 12.2. The van der Waals surface area contributed by atoms with E-state index in [0.717, 1.165) is 19.3 Å². The number of hydrogen-bond acceptors (Lipinski definition) is 4. The lowest BCUT2D eigenvalue weighted by Gasteiger charge is -2.29. The lowest BCUT2D eigenvalue weighted by atomic mass is 9.81. The van der Waals surface area contributed by atoms with E-state index in [1.54, 1.807) is 24.3 Å². The molecule has 29 heavy (non-hydrogen) atoms. The molecule has 0 N–H and O–H groups in total. The molecule has 1 aromatic rings. The first-order chi connectivity index (χ1) is 13.9. The number of carbonyl (C=O) groups excluding carboxylic acids is 3. The van der Waals surface area contributed by atoms with Crippen molar-refractivity contribution < 1.29 is 19.1 Å². The Balaban J connectivity index is 1.58. The third-order valence-electron chi connectivity index (χ3n) is 5.72. The molecular weight excluding hydrogens is 502 g/mol. The summed E-state index contributed by atoms with van der Waals surface area (Å²) < 4.78 is 5.38. The summed E-state index contributed by atoms with van der Waals surface area (Å²) in [5.41, 5.74) is 0.533. The van der Waals surface area contributed by atoms with E-state index in [-0.39, 0.29) is 39.3 Å². The van der Waals surface area contributed by atoms with Crippen LogP contribution >= 0.6 is 31.9 Å². The third-order valence-corrected chi connectivity index (χ3v) is 8.46. The van der Waals surface area contributed by atoms with Crippen molar-refractivity contribution in [3.05, 3.63) is 24.3 Å². The van der Waals surface area contributed by atoms with Crippen LogP contribution in [-0.2, 0) is 14.4 Å². The molecule has 0 unspecified atom stereocenters. The standard InChI is InChI=1S/C22H27Br2NO4/c1-2-3-4-5-6-7-20(26)29-15-10-8-14(9-11-15)25-21(27)16-12-18(23)19(24)13-17(16)22(25)28/h8-11,16-19H,2-7,12-13H2,1H3/t16-,17-,18+,19+/m0/s1. The molecular formula is C22H27Br2NO4. The Bertz CT molecular complexity index is 724. The van der Waals surface area contributed by atoms with Crippen LogP contribution in [0.4, 0.5) is 5.69 Å². The molecule has 0 spiro atoms. The van der Waals surface area contributed by atoms with Crippen LogP contribution in [0.5, 0.6) is 5.75 Å². The molecule has 2 aliphatic rings. The number of ether oxygens (including phenoxy) is 1. The molecule has 1 aromatic carbocycles. The quantitative estimate of drug-likeness (QED) is 0.149. The van der Waals surface area contributed by atoms with Crippen molar-refractivity contribution in [1.29, 1.82) is 0 Å². The van der Waals surface area contributed by atoms with Gasteiger partial charge >= 0.3 is 5.97 Å². The number of amides is 2. The third kappa shape index (κ3) is 5.29. The predicted octanol–water partition coefficient (Wildman–Crippen LogP) is 5.38. The number of halogens is 2. The highest BCUT2D eigenvalue weighted by Crippen LogP contribution is 2.44. The van der Waals surface area contributed by atoms with Gasteiger partial charge in [-0.1, -0.05) is 64.5 Å². The van der Waals surface area contributed by atoms with Gasteiger partial charge in [-0.05, 0) is 43.5 Å². The van der Waals surface area contributed by atoms with Gasteiger partial charge in [-0.2, -0.15) is 0 Å². The van der Waals surface area contributed by atoms with E-state index in [4.69, 9.17) is 4.74 Å². The lowest BCUT2D eigenvalue weighted by molar-refractivity contribution is -0.134. The number of unbranched alkanes of at least 4 members (excludes halogenated alkanes) is 4. The Hall–Kier alpha value is -1.21. The predicted molar refractivity (Wildman–Crippen MR) is 120 cm³/mol. The molecule has 1 saturated carbocycles. The second kappa shape index (κ2) is 10.2. The fraction of sp³-hybridized carbons (Fsp3) is 0.591. The summed E-state index contributed by atoms with van der Waals surface area (Å²) in [6.07, 6.45) is 7.08. The van der Waals surface area contributed by atoms with Crippen molar-refractivity contribution in [3.63, 3.8) is 0 Å². The summed E-state index contributed by atoms with van der Waals surface area (Å²) in [5.74, 6) is -0.636. The minimum Gasteiger partial charge on any atom is -0.427 e. The molecule has 1 saturated heterocycles. The van der Waals surface area contributed by atoms with Gasteiger partial charge in [0.25, 0.3) is 0 Å². The minimum absolute atomic E-state index is 0.138. The molecule has 2 amide bonds. The molecule has 0 aromatic heterocycles. The Kier molecular flexibility index (Phi) is 7.91. The van der Waals surface area contributed by atoms with E-state index in [2.05, 4.69) is 38.8 Å². The second-order valence-corrected chi connectivity index (χ2v) is 10.2. The van der Waals surface area contributed by atoms with Gasteiger partial charge in [-0.25, -0.2) is 0 Å². The average molecular weight is 529 g/mol. The Labute approximate surface area is 188 Å². The van der Waals surface area contributed by atoms with Crippen molar-refractivity contribution in [2.45, 2.75) is 67.9 Å². The highest BCUT2D eigenvalue weighted by molar-refractivity contribution is 9.12. The molecule has 0 radical (unpaired) electrons. The molecule has 1 aliphatic heterocycles. The van der Waals surface area contributed by atoms with Crippen LogP contribution in [0, 0.1) is 11.8 Å². The van der Waals surface area contributed by atoms with E-state index in [0.29, 0.717) is 30.7 Å². The van der Waals surface area contributed by atoms with Gasteiger partial charge in [0.15, 0.2) is 0 Å². The van der Waals surface area contributed by atoms with Crippen LogP contribution in [0.2, 0.25) is 0 Å². The Morgan fingerprint density at radius 1 is 0.966 bits per heavy atom. The molecule has 0 bridgehead atoms. The maximum absolute atomic E-state index is 12.8. The van der Waals surface area contributed by atoms with E-state index >= 15 is 0 Å². The Morgan fingerprint density at radius 2 is 1.52 bits per heavy atom. The molecule has 3 rings (SSSR count). The summed E-state index contributed by atoms with van der Waals surface area (Å²) in [4.78, 5) is 39.3. The van der Waals surface area contributed by atoms with E-state index in [1.165, 1.54) is 17.7 Å². The highest BCUT2D eigenvalue weighted by atomic mass is 79.9. The number of carbonyl (C=O) groups is 3. The van der Waals surface area contributed by atoms with Gasteiger partial charge in [0.2, 0.25) is 11.8 Å². The van der Waals surface area contributed by atoms with Crippen LogP contribution in [-0.4, -0.2) is 27.4 Å². The highest BCUT2D eigenvalue weighted by Gasteiger charge is 2.52. The van der Waals surface area contributed by atoms with Crippen molar-refractivity contribution in [3.8, 4) is 5.75 Å². The van der Waals surface area contributed by atoms with Crippen LogP contribution < -0.4 is 9.64 Å². The summed E-state index contributed by atoms with van der Waals surface area (Å²) in [5, 5.41) is 0. The normalized spacial score (nSPS) is 26.5. The van der Waals surface area contributed by atoms with Crippen molar-refractivity contribution in [1.82, 2.24) is 0 Å². The van der Waals surface area contributed by atoms with Crippen LogP contribution in [0.15, 0.2) is 24.3 Å². The number of fused-ring (bicyclic) bond motifs is 1. The zero-order chi connectivity index (χ0) is 21.0. The van der Waals surface area contributed by atoms with E-state index in [9.17, 15) is 14.4 Å². The molecule has 158 valence electrons.